The minimum Gasteiger partial charge on any atom is -0.387 e. The highest BCUT2D eigenvalue weighted by atomic mass is 35.5. The second-order valence-corrected chi connectivity index (χ2v) is 6.83. The molecule has 1 aromatic carbocycles. The normalized spacial score (nSPS) is 12.7. The lowest BCUT2D eigenvalue weighted by atomic mass is 10.2. The number of aliphatic hydroxyl groups is 1. The molecule has 0 bridgehead atoms. The fourth-order valence-electron chi connectivity index (χ4n) is 1.87. The lowest BCUT2D eigenvalue weighted by Crippen LogP contribution is -2.00. The van der Waals surface area contributed by atoms with E-state index >= 15 is 0 Å². The average molecular weight is 322 g/mol. The van der Waals surface area contributed by atoms with E-state index in [0.29, 0.717) is 10.8 Å². The SMILES string of the molecule is OC(CSc1cccc(Cl)c1)c1cnc2ccsc2c1. The van der Waals surface area contributed by atoms with Crippen LogP contribution in [0.1, 0.15) is 11.7 Å². The molecule has 2 nitrogen and oxygen atoms in total. The van der Waals surface area contributed by atoms with E-state index in [2.05, 4.69) is 4.98 Å². The van der Waals surface area contributed by atoms with Gasteiger partial charge in [-0.05, 0) is 35.7 Å². The Hall–Kier alpha value is -1.07. The third-order valence-corrected chi connectivity index (χ3v) is 5.07. The number of thiophene rings is 1. The van der Waals surface area contributed by atoms with Gasteiger partial charge in [0.15, 0.2) is 0 Å². The number of thioether (sulfide) groups is 1. The zero-order valence-electron chi connectivity index (χ0n) is 10.5. The van der Waals surface area contributed by atoms with Crippen molar-refractivity contribution in [1.29, 1.82) is 0 Å². The number of aromatic nitrogens is 1. The fraction of sp³-hybridized carbons (Fsp3) is 0.133. The van der Waals surface area contributed by atoms with E-state index < -0.39 is 6.10 Å². The third-order valence-electron chi connectivity index (χ3n) is 2.91. The van der Waals surface area contributed by atoms with E-state index in [-0.39, 0.29) is 0 Å². The Bertz CT molecular complexity index is 728. The Labute approximate surface area is 130 Å². The molecular weight excluding hydrogens is 310 g/mol. The fourth-order valence-corrected chi connectivity index (χ4v) is 3.84. The van der Waals surface area contributed by atoms with E-state index in [1.807, 2.05) is 41.8 Å². The summed E-state index contributed by atoms with van der Waals surface area (Å²) in [5, 5.41) is 13.0. The lowest BCUT2D eigenvalue weighted by molar-refractivity contribution is 0.204. The van der Waals surface area contributed by atoms with Crippen molar-refractivity contribution in [3.63, 3.8) is 0 Å². The molecular formula is C15H12ClNOS2. The van der Waals surface area contributed by atoms with Crippen LogP contribution in [0.25, 0.3) is 10.2 Å². The van der Waals surface area contributed by atoms with E-state index in [1.165, 1.54) is 0 Å². The van der Waals surface area contributed by atoms with Gasteiger partial charge in [-0.25, -0.2) is 0 Å². The molecule has 0 fully saturated rings. The summed E-state index contributed by atoms with van der Waals surface area (Å²) in [6.07, 6.45) is 1.22. The molecule has 2 heterocycles. The first-order chi connectivity index (χ1) is 9.72. The summed E-state index contributed by atoms with van der Waals surface area (Å²) in [7, 11) is 0. The molecule has 0 aliphatic carbocycles. The van der Waals surface area contributed by atoms with Gasteiger partial charge in [-0.15, -0.1) is 23.1 Å². The summed E-state index contributed by atoms with van der Waals surface area (Å²) in [6.45, 7) is 0. The van der Waals surface area contributed by atoms with Gasteiger partial charge in [0, 0.05) is 27.4 Å². The topological polar surface area (TPSA) is 33.1 Å². The van der Waals surface area contributed by atoms with E-state index in [1.54, 1.807) is 29.3 Å². The molecule has 0 saturated carbocycles. The number of hydrogen-bond acceptors (Lipinski definition) is 4. The Morgan fingerprint density at radius 2 is 2.20 bits per heavy atom. The molecule has 1 N–H and O–H groups in total. The van der Waals surface area contributed by atoms with Crippen LogP contribution in [0.5, 0.6) is 0 Å². The Balaban J connectivity index is 1.70. The second-order valence-electron chi connectivity index (χ2n) is 4.36. The Morgan fingerprint density at radius 3 is 3.05 bits per heavy atom. The first-order valence-corrected chi connectivity index (χ1v) is 8.36. The zero-order valence-corrected chi connectivity index (χ0v) is 12.9. The van der Waals surface area contributed by atoms with Gasteiger partial charge in [-0.2, -0.15) is 0 Å². The lowest BCUT2D eigenvalue weighted by Gasteiger charge is -2.10. The highest BCUT2D eigenvalue weighted by Crippen LogP contribution is 2.28. The molecule has 3 aromatic rings. The zero-order chi connectivity index (χ0) is 13.9. The minimum absolute atomic E-state index is 0.530. The number of halogens is 1. The van der Waals surface area contributed by atoms with Crippen molar-refractivity contribution in [2.45, 2.75) is 11.0 Å². The summed E-state index contributed by atoms with van der Waals surface area (Å²) in [6, 6.07) is 11.6. The first-order valence-electron chi connectivity index (χ1n) is 6.12. The van der Waals surface area contributed by atoms with E-state index in [4.69, 9.17) is 11.6 Å². The molecule has 2 aromatic heterocycles. The number of fused-ring (bicyclic) bond motifs is 1. The van der Waals surface area contributed by atoms with E-state index in [0.717, 1.165) is 20.7 Å². The molecule has 1 atom stereocenters. The maximum absolute atomic E-state index is 10.3. The van der Waals surface area contributed by atoms with Gasteiger partial charge in [0.25, 0.3) is 0 Å². The highest BCUT2D eigenvalue weighted by molar-refractivity contribution is 7.99. The van der Waals surface area contributed by atoms with Crippen LogP contribution in [0.3, 0.4) is 0 Å². The average Bonchev–Trinajstić information content (AvgIpc) is 2.92. The van der Waals surface area contributed by atoms with Crippen molar-refractivity contribution in [2.75, 3.05) is 5.75 Å². The monoisotopic (exact) mass is 321 g/mol. The maximum atomic E-state index is 10.3. The summed E-state index contributed by atoms with van der Waals surface area (Å²) >= 11 is 9.17. The third kappa shape index (κ3) is 3.15. The van der Waals surface area contributed by atoms with Crippen LogP contribution in [-0.4, -0.2) is 15.8 Å². The number of hydrogen-bond donors (Lipinski definition) is 1. The van der Waals surface area contributed by atoms with Crippen molar-refractivity contribution in [1.82, 2.24) is 4.98 Å². The van der Waals surface area contributed by atoms with Gasteiger partial charge < -0.3 is 5.11 Å². The summed E-state index contributed by atoms with van der Waals surface area (Å²) < 4.78 is 1.11. The molecule has 0 radical (unpaired) electrons. The summed E-state index contributed by atoms with van der Waals surface area (Å²) in [4.78, 5) is 5.41. The molecule has 102 valence electrons. The van der Waals surface area contributed by atoms with Crippen LogP contribution in [-0.2, 0) is 0 Å². The van der Waals surface area contributed by atoms with Gasteiger partial charge in [0.2, 0.25) is 0 Å². The quantitative estimate of drug-likeness (QED) is 0.702. The number of nitrogens with zero attached hydrogens (tertiary/aromatic N) is 1. The standard InChI is InChI=1S/C15H12ClNOS2/c16-11-2-1-3-12(7-11)20-9-14(18)10-6-15-13(17-8-10)4-5-19-15/h1-8,14,18H,9H2. The first kappa shape index (κ1) is 13.9. The van der Waals surface area contributed by atoms with Crippen molar-refractivity contribution in [3.8, 4) is 0 Å². The van der Waals surface area contributed by atoms with Crippen LogP contribution < -0.4 is 0 Å². The molecule has 3 rings (SSSR count). The van der Waals surface area contributed by atoms with Crippen molar-refractivity contribution in [2.24, 2.45) is 0 Å². The smallest absolute Gasteiger partial charge is 0.0899 e. The van der Waals surface area contributed by atoms with Crippen LogP contribution >= 0.6 is 34.7 Å². The number of pyridine rings is 1. The number of rotatable bonds is 4. The van der Waals surface area contributed by atoms with Gasteiger partial charge in [-0.3, -0.25) is 4.98 Å². The minimum atomic E-state index is -0.530. The molecule has 1 unspecified atom stereocenters. The number of aliphatic hydroxyl groups excluding tert-OH is 1. The van der Waals surface area contributed by atoms with Crippen LogP contribution in [0.15, 0.2) is 52.9 Å². The van der Waals surface area contributed by atoms with Gasteiger partial charge in [0.05, 0.1) is 16.3 Å². The predicted molar refractivity (Wildman–Crippen MR) is 86.8 cm³/mol. The highest BCUT2D eigenvalue weighted by Gasteiger charge is 2.10. The Kier molecular flexibility index (Phi) is 4.27. The molecule has 0 aliphatic heterocycles. The van der Waals surface area contributed by atoms with Crippen molar-refractivity contribution >= 4 is 44.9 Å². The number of benzene rings is 1. The van der Waals surface area contributed by atoms with E-state index in [9.17, 15) is 5.11 Å². The molecule has 0 spiro atoms. The van der Waals surface area contributed by atoms with Crippen LogP contribution in [0, 0.1) is 0 Å². The van der Waals surface area contributed by atoms with Crippen molar-refractivity contribution in [3.05, 3.63) is 58.6 Å². The van der Waals surface area contributed by atoms with Crippen molar-refractivity contribution < 1.29 is 5.11 Å². The molecule has 0 amide bonds. The van der Waals surface area contributed by atoms with Crippen LogP contribution in [0.2, 0.25) is 5.02 Å². The summed E-state index contributed by atoms with van der Waals surface area (Å²) in [5.41, 5.74) is 1.84. The second kappa shape index (κ2) is 6.14. The van der Waals surface area contributed by atoms with Gasteiger partial charge in [0.1, 0.15) is 0 Å². The van der Waals surface area contributed by atoms with Gasteiger partial charge in [-0.1, -0.05) is 17.7 Å². The maximum Gasteiger partial charge on any atom is 0.0899 e. The van der Waals surface area contributed by atoms with Crippen LogP contribution in [0.4, 0.5) is 0 Å². The Morgan fingerprint density at radius 1 is 1.30 bits per heavy atom. The molecule has 20 heavy (non-hydrogen) atoms. The summed E-state index contributed by atoms with van der Waals surface area (Å²) in [5.74, 6) is 0.582. The molecule has 0 aliphatic rings. The largest absolute Gasteiger partial charge is 0.387 e. The molecule has 5 heteroatoms. The van der Waals surface area contributed by atoms with Gasteiger partial charge >= 0.3 is 0 Å². The predicted octanol–water partition coefficient (Wildman–Crippen LogP) is 4.78. The molecule has 0 saturated heterocycles.